The Morgan fingerprint density at radius 2 is 2.08 bits per heavy atom. The molecular formula is C18H13N3O4. The second-order valence-corrected chi connectivity index (χ2v) is 5.72. The van der Waals surface area contributed by atoms with Crippen molar-refractivity contribution < 1.29 is 14.6 Å². The minimum atomic E-state index is -0.676. The number of carbonyl (C=O) groups excluding carboxylic acids is 1. The maximum atomic E-state index is 12.0. The quantitative estimate of drug-likeness (QED) is 0.623. The molecule has 0 bridgehead atoms. The van der Waals surface area contributed by atoms with Crippen LogP contribution in [0.15, 0.2) is 41.3 Å². The number of pyridine rings is 1. The first kappa shape index (κ1) is 14.9. The Morgan fingerprint density at radius 3 is 2.88 bits per heavy atom. The van der Waals surface area contributed by atoms with Crippen molar-refractivity contribution in [2.45, 2.75) is 6.92 Å². The van der Waals surface area contributed by atoms with Crippen LogP contribution in [-0.4, -0.2) is 26.3 Å². The van der Waals surface area contributed by atoms with Crippen molar-refractivity contribution in [3.63, 3.8) is 0 Å². The van der Waals surface area contributed by atoms with Gasteiger partial charge in [0.25, 0.3) is 5.56 Å². The number of cyclic esters (lactones) is 1. The number of phenols is 1. The first-order chi connectivity index (χ1) is 12.0. The van der Waals surface area contributed by atoms with Gasteiger partial charge < -0.3 is 14.8 Å². The van der Waals surface area contributed by atoms with E-state index in [1.807, 2.05) is 6.07 Å². The summed E-state index contributed by atoms with van der Waals surface area (Å²) in [6.07, 6.45) is 3.23. The fraction of sp³-hybridized carbons (Fsp3) is 0.0556. The molecule has 3 N–H and O–H groups in total. The molecule has 4 rings (SSSR count). The van der Waals surface area contributed by atoms with Crippen molar-refractivity contribution in [2.24, 2.45) is 0 Å². The number of fused-ring (bicyclic) bond motifs is 1. The van der Waals surface area contributed by atoms with Crippen LogP contribution in [0.3, 0.4) is 0 Å². The van der Waals surface area contributed by atoms with Crippen molar-refractivity contribution in [3.05, 3.63) is 69.3 Å². The molecule has 25 heavy (non-hydrogen) atoms. The number of hydrogen-bond acceptors (Lipinski definition) is 5. The number of ether oxygens (including phenoxy) is 1. The molecular weight excluding hydrogens is 322 g/mol. The highest BCUT2D eigenvalue weighted by Crippen LogP contribution is 2.32. The molecule has 0 spiro atoms. The van der Waals surface area contributed by atoms with Crippen LogP contribution in [0.4, 0.5) is 0 Å². The highest BCUT2D eigenvalue weighted by atomic mass is 16.5. The van der Waals surface area contributed by atoms with Gasteiger partial charge in [-0.15, -0.1) is 0 Å². The Morgan fingerprint density at radius 1 is 1.24 bits per heavy atom. The number of nitrogens with one attached hydrogen (secondary N) is 2. The smallest absolute Gasteiger partial charge is 0.349 e. The molecule has 0 fully saturated rings. The molecule has 3 aromatic rings. The number of phenolic OH excluding ortho intramolecular Hbond substituents is 1. The second-order valence-electron chi connectivity index (χ2n) is 5.72. The molecule has 0 amide bonds. The fourth-order valence-electron chi connectivity index (χ4n) is 2.84. The number of esters is 1. The lowest BCUT2D eigenvalue weighted by molar-refractivity contribution is 0.0715. The van der Waals surface area contributed by atoms with E-state index in [0.717, 1.165) is 5.56 Å². The van der Waals surface area contributed by atoms with E-state index in [2.05, 4.69) is 15.2 Å². The maximum absolute atomic E-state index is 12.0. The lowest BCUT2D eigenvalue weighted by atomic mass is 10.0. The molecule has 0 radical (unpaired) electrons. The minimum Gasteiger partial charge on any atom is -0.508 e. The van der Waals surface area contributed by atoms with Gasteiger partial charge in [0.15, 0.2) is 0 Å². The Kier molecular flexibility index (Phi) is 3.28. The van der Waals surface area contributed by atoms with Gasteiger partial charge in [0.2, 0.25) is 0 Å². The number of carbonyl (C=O) groups is 1. The van der Waals surface area contributed by atoms with E-state index < -0.39 is 11.5 Å². The molecule has 7 heteroatoms. The van der Waals surface area contributed by atoms with Crippen LogP contribution in [0.5, 0.6) is 5.75 Å². The topological polar surface area (TPSA) is 108 Å². The van der Waals surface area contributed by atoms with Crippen LogP contribution in [0.25, 0.3) is 23.1 Å². The van der Waals surface area contributed by atoms with Gasteiger partial charge in [0.1, 0.15) is 17.1 Å². The van der Waals surface area contributed by atoms with Gasteiger partial charge in [-0.1, -0.05) is 12.1 Å². The SMILES string of the molecule is Cc1cc2c(c(=O)[nH]1)C(=O)O/C2=C/c1cn[nH]c1-c1cccc(O)c1. The summed E-state index contributed by atoms with van der Waals surface area (Å²) >= 11 is 0. The average Bonchev–Trinajstić information content (AvgIpc) is 3.13. The molecule has 7 nitrogen and oxygen atoms in total. The van der Waals surface area contributed by atoms with Gasteiger partial charge in [-0.05, 0) is 31.2 Å². The summed E-state index contributed by atoms with van der Waals surface area (Å²) in [5.74, 6) is -0.257. The van der Waals surface area contributed by atoms with Crippen molar-refractivity contribution in [3.8, 4) is 17.0 Å². The molecule has 0 atom stereocenters. The van der Waals surface area contributed by atoms with E-state index in [4.69, 9.17) is 4.74 Å². The first-order valence-electron chi connectivity index (χ1n) is 7.54. The van der Waals surface area contributed by atoms with Crippen molar-refractivity contribution in [1.29, 1.82) is 0 Å². The fourth-order valence-corrected chi connectivity index (χ4v) is 2.84. The number of aromatic hydroxyl groups is 1. The molecule has 0 unspecified atom stereocenters. The zero-order chi connectivity index (χ0) is 17.6. The van der Waals surface area contributed by atoms with Crippen LogP contribution in [0.2, 0.25) is 0 Å². The second kappa shape index (κ2) is 5.48. The maximum Gasteiger partial charge on any atom is 0.349 e. The van der Waals surface area contributed by atoms with E-state index in [0.29, 0.717) is 22.5 Å². The lowest BCUT2D eigenvalue weighted by Crippen LogP contribution is -2.16. The molecule has 1 aliphatic heterocycles. The zero-order valence-electron chi connectivity index (χ0n) is 13.2. The van der Waals surface area contributed by atoms with Crippen LogP contribution >= 0.6 is 0 Å². The summed E-state index contributed by atoms with van der Waals surface area (Å²) in [5.41, 5.74) is 2.68. The van der Waals surface area contributed by atoms with Crippen LogP contribution in [0, 0.1) is 6.92 Å². The van der Waals surface area contributed by atoms with Gasteiger partial charge >= 0.3 is 5.97 Å². The average molecular weight is 335 g/mol. The highest BCUT2D eigenvalue weighted by Gasteiger charge is 2.30. The zero-order valence-corrected chi connectivity index (χ0v) is 13.2. The Labute approximate surface area is 141 Å². The van der Waals surface area contributed by atoms with E-state index in [1.165, 1.54) is 0 Å². The van der Waals surface area contributed by atoms with E-state index in [1.54, 1.807) is 43.5 Å². The third kappa shape index (κ3) is 2.51. The van der Waals surface area contributed by atoms with Gasteiger partial charge in [-0.2, -0.15) is 5.10 Å². The summed E-state index contributed by atoms with van der Waals surface area (Å²) in [7, 11) is 0. The molecule has 1 aliphatic rings. The standard InChI is InChI=1S/C18H13N3O4/c1-9-5-13-14(25-18(24)15(13)17(23)20-9)7-11-8-19-21-16(11)10-3-2-4-12(22)6-10/h2-8,22H,1H3,(H,19,21)(H,20,23)/b14-7+. The summed E-state index contributed by atoms with van der Waals surface area (Å²) in [6.45, 7) is 1.73. The van der Waals surface area contributed by atoms with Gasteiger partial charge in [-0.25, -0.2) is 4.79 Å². The van der Waals surface area contributed by atoms with Crippen molar-refractivity contribution in [1.82, 2.24) is 15.2 Å². The summed E-state index contributed by atoms with van der Waals surface area (Å²) in [4.78, 5) is 26.6. The summed E-state index contributed by atoms with van der Waals surface area (Å²) in [6, 6.07) is 8.40. The normalized spacial score (nSPS) is 14.6. The number of rotatable bonds is 2. The van der Waals surface area contributed by atoms with Crippen molar-refractivity contribution >= 4 is 17.8 Å². The number of benzene rings is 1. The number of nitrogens with zero attached hydrogens (tertiary/aromatic N) is 1. The Bertz CT molecular complexity index is 1090. The largest absolute Gasteiger partial charge is 0.508 e. The predicted molar refractivity (Wildman–Crippen MR) is 90.8 cm³/mol. The van der Waals surface area contributed by atoms with Crippen LogP contribution < -0.4 is 5.56 Å². The third-order valence-electron chi connectivity index (χ3n) is 3.93. The summed E-state index contributed by atoms with van der Waals surface area (Å²) in [5, 5.41) is 16.5. The predicted octanol–water partition coefficient (Wildman–Crippen LogP) is 2.45. The van der Waals surface area contributed by atoms with Gasteiger partial charge in [0.05, 0.1) is 11.9 Å². The number of hydrogen-bond donors (Lipinski definition) is 3. The highest BCUT2D eigenvalue weighted by molar-refractivity contribution is 6.05. The van der Waals surface area contributed by atoms with E-state index in [-0.39, 0.29) is 17.1 Å². The van der Waals surface area contributed by atoms with E-state index >= 15 is 0 Å². The van der Waals surface area contributed by atoms with Gasteiger partial charge in [0, 0.05) is 22.4 Å². The number of aryl methyl sites for hydroxylation is 1. The Balaban J connectivity index is 1.84. The minimum absolute atomic E-state index is 0.000694. The molecule has 2 aromatic heterocycles. The molecule has 124 valence electrons. The molecule has 0 aliphatic carbocycles. The monoisotopic (exact) mass is 335 g/mol. The van der Waals surface area contributed by atoms with Crippen molar-refractivity contribution in [2.75, 3.05) is 0 Å². The summed E-state index contributed by atoms with van der Waals surface area (Å²) < 4.78 is 5.27. The van der Waals surface area contributed by atoms with Crippen LogP contribution in [-0.2, 0) is 4.74 Å². The number of H-pyrrole nitrogens is 2. The number of aromatic nitrogens is 3. The molecule has 0 saturated carbocycles. The van der Waals surface area contributed by atoms with Crippen LogP contribution in [0.1, 0.15) is 27.2 Å². The third-order valence-corrected chi connectivity index (χ3v) is 3.93. The molecule has 1 aromatic carbocycles. The molecule has 0 saturated heterocycles. The van der Waals surface area contributed by atoms with Gasteiger partial charge in [-0.3, -0.25) is 9.89 Å². The Hall–Kier alpha value is -3.61. The first-order valence-corrected chi connectivity index (χ1v) is 7.54. The lowest BCUT2D eigenvalue weighted by Gasteiger charge is -2.03. The molecule has 3 heterocycles. The number of aromatic amines is 2. The van der Waals surface area contributed by atoms with E-state index in [9.17, 15) is 14.7 Å².